The zero-order valence-corrected chi connectivity index (χ0v) is 19.9. The van der Waals surface area contributed by atoms with Gasteiger partial charge >= 0.3 is 5.97 Å². The number of hydrogen-bond acceptors (Lipinski definition) is 5. The second-order valence-corrected chi connectivity index (χ2v) is 8.60. The van der Waals surface area contributed by atoms with Gasteiger partial charge in [-0.1, -0.05) is 54.6 Å². The van der Waals surface area contributed by atoms with Crippen molar-refractivity contribution >= 4 is 33.5 Å². The molecule has 0 aromatic heterocycles. The molecule has 3 aromatic carbocycles. The van der Waals surface area contributed by atoms with E-state index < -0.39 is 12.1 Å². The van der Waals surface area contributed by atoms with Crippen LogP contribution in [0.25, 0.3) is 0 Å². The van der Waals surface area contributed by atoms with Crippen molar-refractivity contribution in [3.63, 3.8) is 0 Å². The Hall–Kier alpha value is -3.16. The van der Waals surface area contributed by atoms with Gasteiger partial charge in [0.25, 0.3) is 5.91 Å². The van der Waals surface area contributed by atoms with E-state index in [2.05, 4.69) is 32.7 Å². The molecule has 6 nitrogen and oxygen atoms in total. The van der Waals surface area contributed by atoms with Crippen LogP contribution in [0.1, 0.15) is 34.5 Å². The lowest BCUT2D eigenvalue weighted by molar-refractivity contribution is -0.146. The Morgan fingerprint density at radius 2 is 1.73 bits per heavy atom. The summed E-state index contributed by atoms with van der Waals surface area (Å²) in [5, 5.41) is 5.22. The quantitative estimate of drug-likeness (QED) is 0.452. The van der Waals surface area contributed by atoms with Gasteiger partial charge in [0.1, 0.15) is 6.04 Å². The minimum Gasteiger partial charge on any atom is -0.464 e. The normalized spacial score (nSPS) is 16.4. The van der Waals surface area contributed by atoms with Crippen LogP contribution in [0.3, 0.4) is 0 Å². The fraction of sp³-hybridized carbons (Fsp3) is 0.231. The van der Waals surface area contributed by atoms with Gasteiger partial charge < -0.3 is 10.1 Å². The van der Waals surface area contributed by atoms with Crippen molar-refractivity contribution in [2.24, 2.45) is 0 Å². The molecule has 3 aromatic rings. The number of benzene rings is 3. The number of carbonyl (C=O) groups excluding carboxylic acids is 2. The number of carbonyl (C=O) groups is 2. The summed E-state index contributed by atoms with van der Waals surface area (Å²) in [5.74, 6) is -0.600. The molecule has 1 amide bonds. The first kappa shape index (κ1) is 23.0. The molecular formula is C26H26BrN3O3. The van der Waals surface area contributed by atoms with Crippen molar-refractivity contribution in [2.45, 2.75) is 25.4 Å². The maximum atomic E-state index is 13.2. The van der Waals surface area contributed by atoms with E-state index in [1.165, 1.54) is 0 Å². The largest absolute Gasteiger partial charge is 0.464 e. The number of halogens is 1. The highest BCUT2D eigenvalue weighted by molar-refractivity contribution is 9.10. The first-order chi connectivity index (χ1) is 16.1. The number of para-hydroxylation sites is 1. The fourth-order valence-corrected chi connectivity index (χ4v) is 4.51. The van der Waals surface area contributed by atoms with Crippen molar-refractivity contribution in [2.75, 3.05) is 18.5 Å². The fourth-order valence-electron chi connectivity index (χ4n) is 4.11. The molecule has 2 N–H and O–H groups in total. The lowest BCUT2D eigenvalue weighted by atomic mass is 9.89. The van der Waals surface area contributed by atoms with Gasteiger partial charge in [-0.05, 0) is 64.7 Å². The molecule has 33 heavy (non-hydrogen) atoms. The smallest absolute Gasteiger partial charge is 0.330 e. The van der Waals surface area contributed by atoms with Crippen LogP contribution in [0, 0.1) is 0 Å². The summed E-state index contributed by atoms with van der Waals surface area (Å²) in [6.45, 7) is 2.61. The Morgan fingerprint density at radius 1 is 1.03 bits per heavy atom. The topological polar surface area (TPSA) is 70.7 Å². The number of anilines is 1. The van der Waals surface area contributed by atoms with Crippen molar-refractivity contribution in [3.05, 3.63) is 100 Å². The predicted molar refractivity (Wildman–Crippen MR) is 132 cm³/mol. The molecule has 7 heteroatoms. The molecule has 1 heterocycles. The van der Waals surface area contributed by atoms with Crippen LogP contribution in [0.2, 0.25) is 0 Å². The standard InChI is InChI=1S/C26H26BrN3O3/c1-2-33-26(32)23(28-22-15-9-8-14-21(22)27)24-20-13-7-6-10-18(20)16-17-30(24)29-25(31)19-11-4-3-5-12-19/h3-15,23-24,28H,2,16-17H2,1H3,(H,29,31)/t23-,24+/m0/s1. The van der Waals surface area contributed by atoms with Gasteiger partial charge in [-0.25, -0.2) is 9.80 Å². The highest BCUT2D eigenvalue weighted by Crippen LogP contribution is 2.34. The molecule has 0 aliphatic carbocycles. The molecular weight excluding hydrogens is 482 g/mol. The molecule has 2 atom stereocenters. The molecule has 4 rings (SSSR count). The maximum Gasteiger partial charge on any atom is 0.330 e. The molecule has 0 radical (unpaired) electrons. The average molecular weight is 508 g/mol. The van der Waals surface area contributed by atoms with Gasteiger partial charge in [0.15, 0.2) is 0 Å². The van der Waals surface area contributed by atoms with Crippen LogP contribution < -0.4 is 10.7 Å². The summed E-state index contributed by atoms with van der Waals surface area (Å²) in [6, 6.07) is 23.5. The van der Waals surface area contributed by atoms with Crippen molar-refractivity contribution in [1.29, 1.82) is 0 Å². The Morgan fingerprint density at radius 3 is 2.48 bits per heavy atom. The number of rotatable bonds is 7. The summed E-state index contributed by atoms with van der Waals surface area (Å²) in [5.41, 5.74) is 6.50. The van der Waals surface area contributed by atoms with Crippen molar-refractivity contribution in [1.82, 2.24) is 10.4 Å². The maximum absolute atomic E-state index is 13.2. The van der Waals surface area contributed by atoms with Gasteiger partial charge in [0, 0.05) is 22.3 Å². The number of hydrogen-bond donors (Lipinski definition) is 2. The lowest BCUT2D eigenvalue weighted by Gasteiger charge is -2.41. The zero-order valence-electron chi connectivity index (χ0n) is 18.3. The second-order valence-electron chi connectivity index (χ2n) is 7.75. The SMILES string of the molecule is CCOC(=O)[C@@H](Nc1ccccc1Br)[C@H]1c2ccccc2CCN1NC(=O)c1ccccc1. The highest BCUT2D eigenvalue weighted by atomic mass is 79.9. The summed E-state index contributed by atoms with van der Waals surface area (Å²) in [7, 11) is 0. The number of nitrogens with zero attached hydrogens (tertiary/aromatic N) is 1. The van der Waals surface area contributed by atoms with E-state index in [0.717, 1.165) is 27.7 Å². The van der Waals surface area contributed by atoms with Crippen LogP contribution >= 0.6 is 15.9 Å². The third-order valence-electron chi connectivity index (χ3n) is 5.65. The molecule has 0 unspecified atom stereocenters. The third-order valence-corrected chi connectivity index (χ3v) is 6.35. The highest BCUT2D eigenvalue weighted by Gasteiger charge is 2.39. The first-order valence-electron chi connectivity index (χ1n) is 11.0. The van der Waals surface area contributed by atoms with Crippen LogP contribution in [0.5, 0.6) is 0 Å². The van der Waals surface area contributed by atoms with Crippen LogP contribution in [0.4, 0.5) is 5.69 Å². The van der Waals surface area contributed by atoms with Crippen molar-refractivity contribution < 1.29 is 14.3 Å². The van der Waals surface area contributed by atoms with E-state index in [9.17, 15) is 9.59 Å². The number of hydrazine groups is 1. The van der Waals surface area contributed by atoms with Gasteiger partial charge in [0.2, 0.25) is 0 Å². The number of nitrogens with one attached hydrogen (secondary N) is 2. The molecule has 0 bridgehead atoms. The van der Waals surface area contributed by atoms with Crippen molar-refractivity contribution in [3.8, 4) is 0 Å². The van der Waals surface area contributed by atoms with E-state index in [1.54, 1.807) is 19.1 Å². The minimum absolute atomic E-state index is 0.219. The first-order valence-corrected chi connectivity index (χ1v) is 11.8. The summed E-state index contributed by atoms with van der Waals surface area (Å²) >= 11 is 3.56. The Kier molecular flexibility index (Phi) is 7.42. The van der Waals surface area contributed by atoms with Gasteiger partial charge in [-0.15, -0.1) is 0 Å². The number of esters is 1. The molecule has 0 saturated carbocycles. The van der Waals surface area contributed by atoms with E-state index in [0.29, 0.717) is 12.1 Å². The second kappa shape index (κ2) is 10.6. The van der Waals surface area contributed by atoms with Crippen LogP contribution in [-0.4, -0.2) is 36.1 Å². The van der Waals surface area contributed by atoms with E-state index in [1.807, 2.05) is 65.7 Å². The molecule has 170 valence electrons. The molecule has 0 fully saturated rings. The Balaban J connectivity index is 1.73. The van der Waals surface area contributed by atoms with E-state index in [-0.39, 0.29) is 18.5 Å². The summed E-state index contributed by atoms with van der Waals surface area (Å²) < 4.78 is 6.30. The lowest BCUT2D eigenvalue weighted by Crippen LogP contribution is -2.55. The molecule has 1 aliphatic heterocycles. The third kappa shape index (κ3) is 5.26. The number of ether oxygens (including phenoxy) is 1. The van der Waals surface area contributed by atoms with E-state index in [4.69, 9.17) is 4.74 Å². The molecule has 0 spiro atoms. The molecule has 1 aliphatic rings. The molecule has 0 saturated heterocycles. The summed E-state index contributed by atoms with van der Waals surface area (Å²) in [4.78, 5) is 26.2. The van der Waals surface area contributed by atoms with Crippen LogP contribution in [-0.2, 0) is 16.0 Å². The Labute approximate surface area is 202 Å². The van der Waals surface area contributed by atoms with E-state index >= 15 is 0 Å². The zero-order chi connectivity index (χ0) is 23.2. The monoisotopic (exact) mass is 507 g/mol. The van der Waals surface area contributed by atoms with Gasteiger partial charge in [0.05, 0.1) is 12.6 Å². The van der Waals surface area contributed by atoms with Gasteiger partial charge in [-0.3, -0.25) is 10.2 Å². The predicted octanol–water partition coefficient (Wildman–Crippen LogP) is 4.74. The number of amides is 1. The van der Waals surface area contributed by atoms with Gasteiger partial charge in [-0.2, -0.15) is 0 Å². The minimum atomic E-state index is -0.749. The summed E-state index contributed by atoms with van der Waals surface area (Å²) in [6.07, 6.45) is 0.756. The average Bonchev–Trinajstić information content (AvgIpc) is 2.84. The number of fused-ring (bicyclic) bond motifs is 1. The Bertz CT molecular complexity index is 1120. The van der Waals surface area contributed by atoms with Crippen LogP contribution in [0.15, 0.2) is 83.3 Å².